The molecule has 2 aromatic heterocycles. The van der Waals surface area contributed by atoms with Gasteiger partial charge in [0, 0.05) is 12.1 Å². The average Bonchev–Trinajstić information content (AvgIpc) is 2.91. The van der Waals surface area contributed by atoms with E-state index in [1.54, 1.807) is 24.5 Å². The molecule has 0 N–H and O–H groups in total. The van der Waals surface area contributed by atoms with Gasteiger partial charge in [0.2, 0.25) is 5.78 Å². The van der Waals surface area contributed by atoms with Crippen LogP contribution in [-0.2, 0) is 6.54 Å². The normalized spacial score (nSPS) is 10.6. The molecule has 0 atom stereocenters. The van der Waals surface area contributed by atoms with Crippen molar-refractivity contribution in [3.05, 3.63) is 66.9 Å². The van der Waals surface area contributed by atoms with Crippen LogP contribution in [0.1, 0.15) is 16.1 Å². The molecule has 0 spiro atoms. The second kappa shape index (κ2) is 5.05. The predicted molar refractivity (Wildman–Crippen MR) is 75.4 cm³/mol. The highest BCUT2D eigenvalue weighted by atomic mass is 16.1. The van der Waals surface area contributed by atoms with E-state index in [1.807, 2.05) is 22.8 Å². The minimum atomic E-state index is -0.151. The van der Waals surface area contributed by atoms with Crippen molar-refractivity contribution in [2.24, 2.45) is 0 Å². The molecule has 98 valence electrons. The number of carbonyl (C=O) groups is 1. The Kier molecular flexibility index (Phi) is 3.09. The first-order valence-electron chi connectivity index (χ1n) is 6.17. The van der Waals surface area contributed by atoms with Crippen LogP contribution in [0.4, 0.5) is 0 Å². The third-order valence-corrected chi connectivity index (χ3v) is 2.98. The quantitative estimate of drug-likeness (QED) is 0.535. The molecule has 0 aliphatic carbocycles. The number of nitrogens with zero attached hydrogens (tertiary/aromatic N) is 4. The first kappa shape index (κ1) is 12.2. The molecule has 2 heterocycles. The second-order valence-corrected chi connectivity index (χ2v) is 4.28. The molecule has 0 aliphatic heterocycles. The molecule has 5 nitrogen and oxygen atoms in total. The Morgan fingerprint density at radius 1 is 1.20 bits per heavy atom. The minimum absolute atomic E-state index is 0.151. The number of aromatic nitrogens is 4. The van der Waals surface area contributed by atoms with Crippen LogP contribution in [0, 0.1) is 0 Å². The predicted octanol–water partition coefficient (Wildman–Crippen LogP) is 2.24. The summed E-state index contributed by atoms with van der Waals surface area (Å²) in [5.41, 5.74) is 2.07. The van der Waals surface area contributed by atoms with Crippen molar-refractivity contribution in [1.82, 2.24) is 19.5 Å². The van der Waals surface area contributed by atoms with Crippen LogP contribution in [0.3, 0.4) is 0 Å². The van der Waals surface area contributed by atoms with Gasteiger partial charge in [-0.2, -0.15) is 0 Å². The molecule has 0 aliphatic rings. The molecule has 0 fully saturated rings. The molecule has 0 saturated heterocycles. The van der Waals surface area contributed by atoms with Crippen molar-refractivity contribution >= 4 is 16.9 Å². The van der Waals surface area contributed by atoms with E-state index in [-0.39, 0.29) is 5.78 Å². The van der Waals surface area contributed by atoms with Gasteiger partial charge in [0.1, 0.15) is 17.5 Å². The zero-order valence-electron chi connectivity index (χ0n) is 10.7. The third kappa shape index (κ3) is 1.99. The topological polar surface area (TPSA) is 60.7 Å². The van der Waals surface area contributed by atoms with Crippen LogP contribution in [-0.4, -0.2) is 25.3 Å². The van der Waals surface area contributed by atoms with Gasteiger partial charge in [0.15, 0.2) is 5.65 Å². The van der Waals surface area contributed by atoms with Crippen molar-refractivity contribution in [2.75, 3.05) is 0 Å². The van der Waals surface area contributed by atoms with Crippen molar-refractivity contribution in [2.45, 2.75) is 6.54 Å². The molecular formula is C15H12N4O. The first-order chi connectivity index (χ1) is 9.81. The molecular weight excluding hydrogens is 252 g/mol. The number of hydrogen-bond donors (Lipinski definition) is 0. The van der Waals surface area contributed by atoms with Gasteiger partial charge in [-0.25, -0.2) is 15.0 Å². The Morgan fingerprint density at radius 2 is 2.00 bits per heavy atom. The largest absolute Gasteiger partial charge is 0.311 e. The van der Waals surface area contributed by atoms with Gasteiger partial charge in [-0.15, -0.1) is 6.58 Å². The van der Waals surface area contributed by atoms with Gasteiger partial charge in [-0.3, -0.25) is 4.79 Å². The Balaban J connectivity index is 2.13. The smallest absolute Gasteiger partial charge is 0.213 e. The molecule has 0 amide bonds. The van der Waals surface area contributed by atoms with Crippen molar-refractivity contribution < 1.29 is 4.79 Å². The second-order valence-electron chi connectivity index (χ2n) is 4.28. The van der Waals surface area contributed by atoms with Gasteiger partial charge in [0.25, 0.3) is 0 Å². The van der Waals surface area contributed by atoms with Crippen molar-refractivity contribution in [3.8, 4) is 0 Å². The first-order valence-corrected chi connectivity index (χ1v) is 6.17. The number of hydrogen-bond acceptors (Lipinski definition) is 4. The number of rotatable bonds is 4. The third-order valence-electron chi connectivity index (χ3n) is 2.98. The summed E-state index contributed by atoms with van der Waals surface area (Å²) in [6.07, 6.45) is 4.78. The summed E-state index contributed by atoms with van der Waals surface area (Å²) in [6.45, 7) is 4.28. The lowest BCUT2D eigenvalue weighted by Gasteiger charge is -2.02. The minimum Gasteiger partial charge on any atom is -0.311 e. The molecule has 0 radical (unpaired) electrons. The molecule has 3 rings (SSSR count). The molecule has 5 heteroatoms. The van der Waals surface area contributed by atoms with Crippen LogP contribution >= 0.6 is 0 Å². The number of fused-ring (bicyclic) bond motifs is 1. The van der Waals surface area contributed by atoms with E-state index in [4.69, 9.17) is 0 Å². The molecule has 0 bridgehead atoms. The fourth-order valence-corrected chi connectivity index (χ4v) is 2.05. The lowest BCUT2D eigenvalue weighted by molar-refractivity contribution is 0.103. The lowest BCUT2D eigenvalue weighted by Crippen LogP contribution is -2.06. The lowest BCUT2D eigenvalue weighted by atomic mass is 10.1. The highest BCUT2D eigenvalue weighted by Crippen LogP contribution is 2.16. The highest BCUT2D eigenvalue weighted by Gasteiger charge is 2.17. The summed E-state index contributed by atoms with van der Waals surface area (Å²) in [5, 5.41) is 0. The Morgan fingerprint density at radius 3 is 2.75 bits per heavy atom. The number of allylic oxidation sites excluding steroid dienone is 1. The van der Waals surface area contributed by atoms with Crippen LogP contribution in [0.2, 0.25) is 0 Å². The zero-order chi connectivity index (χ0) is 13.9. The van der Waals surface area contributed by atoms with E-state index in [1.165, 1.54) is 6.33 Å². The van der Waals surface area contributed by atoms with E-state index in [0.717, 1.165) is 0 Å². The van der Waals surface area contributed by atoms with E-state index < -0.39 is 0 Å². The Bertz CT molecular complexity index is 777. The van der Waals surface area contributed by atoms with E-state index in [0.29, 0.717) is 29.0 Å². The molecule has 1 aromatic carbocycles. The summed E-state index contributed by atoms with van der Waals surface area (Å²) in [6, 6.07) is 9.03. The molecule has 0 saturated carbocycles. The van der Waals surface area contributed by atoms with Crippen LogP contribution in [0.5, 0.6) is 0 Å². The van der Waals surface area contributed by atoms with Crippen LogP contribution < -0.4 is 0 Å². The van der Waals surface area contributed by atoms with Crippen molar-refractivity contribution in [3.63, 3.8) is 0 Å². The fraction of sp³-hybridized carbons (Fsp3) is 0.0667. The van der Waals surface area contributed by atoms with Gasteiger partial charge < -0.3 is 4.57 Å². The van der Waals surface area contributed by atoms with Crippen LogP contribution in [0.25, 0.3) is 11.2 Å². The molecule has 0 unspecified atom stereocenters. The zero-order valence-corrected chi connectivity index (χ0v) is 10.7. The maximum Gasteiger partial charge on any atom is 0.213 e. The van der Waals surface area contributed by atoms with E-state index >= 15 is 0 Å². The van der Waals surface area contributed by atoms with Gasteiger partial charge in [-0.05, 0) is 0 Å². The Hall–Kier alpha value is -2.82. The standard InChI is InChI=1S/C15H12N4O/c1-2-8-19-10-18-13-12(16-9-17-15(13)19)14(20)11-6-4-3-5-7-11/h2-7,9-10H,1,8H2. The number of carbonyl (C=O) groups excluding carboxylic acids is 1. The van der Waals surface area contributed by atoms with Gasteiger partial charge in [-0.1, -0.05) is 36.4 Å². The Labute approximate surface area is 115 Å². The maximum atomic E-state index is 12.5. The van der Waals surface area contributed by atoms with Gasteiger partial charge >= 0.3 is 0 Å². The monoisotopic (exact) mass is 264 g/mol. The summed E-state index contributed by atoms with van der Waals surface area (Å²) in [4.78, 5) is 25.0. The van der Waals surface area contributed by atoms with Gasteiger partial charge in [0.05, 0.1) is 6.33 Å². The van der Waals surface area contributed by atoms with E-state index in [2.05, 4.69) is 21.5 Å². The SMILES string of the molecule is C=CCn1cnc2c(C(=O)c3ccccc3)ncnc21. The molecule has 20 heavy (non-hydrogen) atoms. The highest BCUT2D eigenvalue weighted by molar-refractivity contribution is 6.13. The maximum absolute atomic E-state index is 12.5. The number of imidazole rings is 1. The summed E-state index contributed by atoms with van der Waals surface area (Å²) < 4.78 is 1.83. The fourth-order valence-electron chi connectivity index (χ4n) is 2.05. The molecule has 3 aromatic rings. The summed E-state index contributed by atoms with van der Waals surface area (Å²) >= 11 is 0. The van der Waals surface area contributed by atoms with E-state index in [9.17, 15) is 4.79 Å². The number of benzene rings is 1. The van der Waals surface area contributed by atoms with Crippen LogP contribution in [0.15, 0.2) is 55.6 Å². The number of ketones is 1. The summed E-state index contributed by atoms with van der Waals surface area (Å²) in [5.74, 6) is -0.151. The van der Waals surface area contributed by atoms with Crippen molar-refractivity contribution in [1.29, 1.82) is 0 Å². The summed E-state index contributed by atoms with van der Waals surface area (Å²) in [7, 11) is 0. The average molecular weight is 264 g/mol.